The van der Waals surface area contributed by atoms with Gasteiger partial charge in [0.15, 0.2) is 5.78 Å². The molecule has 3 heterocycles. The molecule has 0 aliphatic carbocycles. The van der Waals surface area contributed by atoms with E-state index in [1.807, 2.05) is 18.2 Å². The Balaban J connectivity index is 1.56. The number of hydrogen-bond acceptors (Lipinski definition) is 4. The summed E-state index contributed by atoms with van der Waals surface area (Å²) in [6.45, 7) is 1.02. The second kappa shape index (κ2) is 5.35. The number of ketones is 1. The molecule has 23 heavy (non-hydrogen) atoms. The van der Waals surface area contributed by atoms with Crippen molar-refractivity contribution in [3.05, 3.63) is 51.2 Å². The van der Waals surface area contributed by atoms with Crippen LogP contribution in [0.25, 0.3) is 0 Å². The number of likely N-dealkylation sites (tertiary alicyclic amines) is 1. The van der Waals surface area contributed by atoms with Crippen LogP contribution in [0.15, 0.2) is 36.4 Å². The van der Waals surface area contributed by atoms with Crippen molar-refractivity contribution in [1.82, 2.24) is 4.90 Å². The van der Waals surface area contributed by atoms with Crippen LogP contribution < -0.4 is 4.74 Å². The lowest BCUT2D eigenvalue weighted by atomic mass is 9.89. The molecule has 0 bridgehead atoms. The smallest absolute Gasteiger partial charge is 0.264 e. The summed E-state index contributed by atoms with van der Waals surface area (Å²) in [5.41, 5.74) is 0.0373. The van der Waals surface area contributed by atoms with Crippen molar-refractivity contribution in [3.63, 3.8) is 0 Å². The molecular weight excluding hydrogens is 334 g/mol. The molecule has 1 saturated heterocycles. The minimum absolute atomic E-state index is 0.0475. The van der Waals surface area contributed by atoms with Crippen molar-refractivity contribution < 1.29 is 14.3 Å². The average molecular weight is 348 g/mol. The molecule has 118 valence electrons. The van der Waals surface area contributed by atoms with Crippen LogP contribution in [0.2, 0.25) is 4.34 Å². The summed E-state index contributed by atoms with van der Waals surface area (Å²) in [7, 11) is 0. The summed E-state index contributed by atoms with van der Waals surface area (Å²) in [4.78, 5) is 27.3. The minimum Gasteiger partial charge on any atom is -0.484 e. The Morgan fingerprint density at radius 2 is 2.09 bits per heavy atom. The lowest BCUT2D eigenvalue weighted by Crippen LogP contribution is -2.45. The molecule has 4 nitrogen and oxygen atoms in total. The number of benzene rings is 1. The number of carbonyl (C=O) groups is 2. The molecule has 1 amide bonds. The lowest BCUT2D eigenvalue weighted by molar-refractivity contribution is 0.0429. The summed E-state index contributed by atoms with van der Waals surface area (Å²) < 4.78 is 6.73. The van der Waals surface area contributed by atoms with Gasteiger partial charge < -0.3 is 9.64 Å². The number of ether oxygens (including phenoxy) is 1. The van der Waals surface area contributed by atoms with Gasteiger partial charge in [0.2, 0.25) is 0 Å². The summed E-state index contributed by atoms with van der Waals surface area (Å²) in [6, 6.07) is 10.8. The van der Waals surface area contributed by atoms with Gasteiger partial charge in [-0.15, -0.1) is 11.3 Å². The van der Waals surface area contributed by atoms with Crippen LogP contribution in [0, 0.1) is 0 Å². The largest absolute Gasteiger partial charge is 0.484 e. The molecule has 0 N–H and O–H groups in total. The van der Waals surface area contributed by atoms with Gasteiger partial charge in [-0.1, -0.05) is 23.7 Å². The first-order chi connectivity index (χ1) is 11.1. The Morgan fingerprint density at radius 3 is 2.87 bits per heavy atom. The Bertz CT molecular complexity index is 803. The van der Waals surface area contributed by atoms with Gasteiger partial charge in [0.1, 0.15) is 11.4 Å². The van der Waals surface area contributed by atoms with E-state index in [4.69, 9.17) is 16.3 Å². The lowest BCUT2D eigenvalue weighted by Gasteiger charge is -2.34. The van der Waals surface area contributed by atoms with Crippen LogP contribution in [-0.4, -0.2) is 35.3 Å². The maximum absolute atomic E-state index is 12.6. The molecule has 2 aromatic rings. The van der Waals surface area contributed by atoms with Crippen molar-refractivity contribution in [1.29, 1.82) is 0 Å². The molecule has 1 fully saturated rings. The molecule has 2 aliphatic heterocycles. The number of carbonyl (C=O) groups excluding carboxylic acids is 2. The maximum atomic E-state index is 12.6. The van der Waals surface area contributed by atoms with Gasteiger partial charge >= 0.3 is 0 Å². The first-order valence-corrected chi connectivity index (χ1v) is 8.62. The zero-order valence-electron chi connectivity index (χ0n) is 12.3. The molecule has 4 rings (SSSR count). The van der Waals surface area contributed by atoms with Gasteiger partial charge in [0, 0.05) is 13.0 Å². The molecule has 6 heteroatoms. The summed E-state index contributed by atoms with van der Waals surface area (Å²) >= 11 is 7.18. The monoisotopic (exact) mass is 347 g/mol. The van der Waals surface area contributed by atoms with Crippen LogP contribution in [0.3, 0.4) is 0 Å². The van der Waals surface area contributed by atoms with Gasteiger partial charge in [0.05, 0.1) is 27.7 Å². The third-order valence-corrected chi connectivity index (χ3v) is 5.60. The number of hydrogen-bond donors (Lipinski definition) is 0. The zero-order valence-corrected chi connectivity index (χ0v) is 13.8. The zero-order chi connectivity index (χ0) is 16.0. The normalized spacial score (nSPS) is 23.0. The number of amides is 1. The van der Waals surface area contributed by atoms with Crippen LogP contribution in [0.4, 0.5) is 0 Å². The number of nitrogens with zero attached hydrogens (tertiary/aromatic N) is 1. The van der Waals surface area contributed by atoms with Gasteiger partial charge in [-0.2, -0.15) is 0 Å². The molecular formula is C17H14ClNO3S. The number of para-hydroxylation sites is 1. The highest BCUT2D eigenvalue weighted by Gasteiger charge is 2.47. The molecule has 0 saturated carbocycles. The van der Waals surface area contributed by atoms with Crippen molar-refractivity contribution in [2.24, 2.45) is 0 Å². The minimum atomic E-state index is -0.595. The van der Waals surface area contributed by atoms with Crippen molar-refractivity contribution in [3.8, 4) is 5.75 Å². The molecule has 0 radical (unpaired) electrons. The van der Waals surface area contributed by atoms with E-state index in [-0.39, 0.29) is 11.7 Å². The summed E-state index contributed by atoms with van der Waals surface area (Å²) in [5, 5.41) is 0. The third-order valence-electron chi connectivity index (χ3n) is 4.38. The highest BCUT2D eigenvalue weighted by molar-refractivity contribution is 7.17. The summed E-state index contributed by atoms with van der Waals surface area (Å²) in [6.07, 6.45) is 0.983. The third kappa shape index (κ3) is 2.54. The molecule has 1 spiro atoms. The van der Waals surface area contributed by atoms with Gasteiger partial charge in [-0.3, -0.25) is 9.59 Å². The fourth-order valence-corrected chi connectivity index (χ4v) is 4.28. The van der Waals surface area contributed by atoms with Crippen LogP contribution in [-0.2, 0) is 0 Å². The molecule has 1 atom stereocenters. The van der Waals surface area contributed by atoms with E-state index in [9.17, 15) is 9.59 Å². The highest BCUT2D eigenvalue weighted by atomic mass is 35.5. The van der Waals surface area contributed by atoms with Gasteiger partial charge in [-0.05, 0) is 24.3 Å². The average Bonchev–Trinajstić information content (AvgIpc) is 3.14. The number of fused-ring (bicyclic) bond motifs is 1. The molecule has 1 aromatic carbocycles. The number of Topliss-reactive ketones (excluding diaryl/α,β-unsaturated/α-hetero) is 1. The van der Waals surface area contributed by atoms with E-state index in [0.29, 0.717) is 46.5 Å². The Kier molecular flexibility index (Phi) is 3.43. The van der Waals surface area contributed by atoms with E-state index >= 15 is 0 Å². The van der Waals surface area contributed by atoms with Crippen molar-refractivity contribution >= 4 is 34.6 Å². The van der Waals surface area contributed by atoms with E-state index in [1.54, 1.807) is 23.1 Å². The van der Waals surface area contributed by atoms with Crippen LogP contribution in [0.1, 0.15) is 32.9 Å². The van der Waals surface area contributed by atoms with Crippen LogP contribution in [0.5, 0.6) is 5.75 Å². The highest BCUT2D eigenvalue weighted by Crippen LogP contribution is 2.39. The Labute approximate surface area is 142 Å². The van der Waals surface area contributed by atoms with Gasteiger partial charge in [-0.25, -0.2) is 0 Å². The SMILES string of the molecule is O=C1C[C@]2(CCN(C(=O)c3ccc(Cl)s3)C2)Oc2ccccc21. The molecule has 2 aliphatic rings. The van der Waals surface area contributed by atoms with E-state index in [0.717, 1.165) is 0 Å². The molecule has 1 aromatic heterocycles. The second-order valence-electron chi connectivity index (χ2n) is 5.96. The van der Waals surface area contributed by atoms with E-state index < -0.39 is 5.60 Å². The summed E-state index contributed by atoms with van der Waals surface area (Å²) in [5.74, 6) is 0.659. The standard InChI is InChI=1S/C17H14ClNO3S/c18-15-6-5-14(23-15)16(21)19-8-7-17(10-19)9-12(20)11-3-1-2-4-13(11)22-17/h1-6H,7-10H2/t17-/m0/s1. The van der Waals surface area contributed by atoms with Gasteiger partial charge in [0.25, 0.3) is 5.91 Å². The number of rotatable bonds is 1. The topological polar surface area (TPSA) is 46.6 Å². The quantitative estimate of drug-likeness (QED) is 0.791. The predicted molar refractivity (Wildman–Crippen MR) is 88.6 cm³/mol. The number of halogens is 1. The second-order valence-corrected chi connectivity index (χ2v) is 7.68. The van der Waals surface area contributed by atoms with E-state index in [1.165, 1.54) is 11.3 Å². The van der Waals surface area contributed by atoms with Crippen molar-refractivity contribution in [2.45, 2.75) is 18.4 Å². The Hall–Kier alpha value is -1.85. The molecule has 0 unspecified atom stereocenters. The van der Waals surface area contributed by atoms with Crippen LogP contribution >= 0.6 is 22.9 Å². The first kappa shape index (κ1) is 14.7. The maximum Gasteiger partial charge on any atom is 0.264 e. The van der Waals surface area contributed by atoms with Crippen molar-refractivity contribution in [2.75, 3.05) is 13.1 Å². The Morgan fingerprint density at radius 1 is 1.26 bits per heavy atom. The first-order valence-electron chi connectivity index (χ1n) is 7.42. The van der Waals surface area contributed by atoms with E-state index in [2.05, 4.69) is 0 Å². The fraction of sp³-hybridized carbons (Fsp3) is 0.294. The fourth-order valence-electron chi connectivity index (χ4n) is 3.27. The predicted octanol–water partition coefficient (Wildman–Crippen LogP) is 3.65. The number of thiophene rings is 1.